The number of benzene rings is 1. The van der Waals surface area contributed by atoms with Crippen molar-refractivity contribution in [3.05, 3.63) is 64.3 Å². The molecule has 0 radical (unpaired) electrons. The highest BCUT2D eigenvalue weighted by atomic mass is 16.5. The molecule has 1 aromatic rings. The summed E-state index contributed by atoms with van der Waals surface area (Å²) in [7, 11) is 0. The lowest BCUT2D eigenvalue weighted by Gasteiger charge is -2.33. The molecule has 0 saturated heterocycles. The lowest BCUT2D eigenvalue weighted by molar-refractivity contribution is -0.146. The van der Waals surface area contributed by atoms with Gasteiger partial charge >= 0.3 is 11.9 Å². The van der Waals surface area contributed by atoms with Gasteiger partial charge in [0, 0.05) is 12.0 Å². The first-order chi connectivity index (χ1) is 11.5. The predicted octanol–water partition coefficient (Wildman–Crippen LogP) is 3.90. The van der Waals surface area contributed by atoms with E-state index in [4.69, 9.17) is 4.74 Å². The molecule has 4 heteroatoms. The van der Waals surface area contributed by atoms with Crippen LogP contribution in [0.25, 0.3) is 5.57 Å². The predicted molar refractivity (Wildman–Crippen MR) is 91.2 cm³/mol. The molecular formula is C20H20O4. The Morgan fingerprint density at radius 1 is 1.29 bits per heavy atom. The van der Waals surface area contributed by atoms with Crippen LogP contribution in [0.1, 0.15) is 38.7 Å². The fourth-order valence-electron chi connectivity index (χ4n) is 3.40. The quantitative estimate of drug-likeness (QED) is 0.853. The van der Waals surface area contributed by atoms with E-state index >= 15 is 0 Å². The standard InChI is InChI=1S/C20H20O4/c1-3-13-10-15-17(9-12(13)2)24-20(23)16(11-18(21)22)19(15)14-7-5-4-6-8-14/h4-8,10,17H,3,9,11H2,1-2H3,(H,21,22). The van der Waals surface area contributed by atoms with Crippen molar-refractivity contribution in [3.63, 3.8) is 0 Å². The zero-order valence-corrected chi connectivity index (χ0v) is 13.8. The summed E-state index contributed by atoms with van der Waals surface area (Å²) in [6.07, 6.45) is 2.96. The van der Waals surface area contributed by atoms with Crippen LogP contribution >= 0.6 is 0 Å². The number of hydrogen-bond acceptors (Lipinski definition) is 3. The van der Waals surface area contributed by atoms with Gasteiger partial charge in [-0.05, 0) is 30.1 Å². The Balaban J connectivity index is 2.23. The van der Waals surface area contributed by atoms with Crippen LogP contribution in [-0.2, 0) is 14.3 Å². The Morgan fingerprint density at radius 2 is 2.00 bits per heavy atom. The number of carbonyl (C=O) groups is 2. The first-order valence-electron chi connectivity index (χ1n) is 8.13. The molecule has 1 atom stereocenters. The highest BCUT2D eigenvalue weighted by molar-refractivity contribution is 6.07. The number of fused-ring (bicyclic) bond motifs is 1. The van der Waals surface area contributed by atoms with E-state index in [1.54, 1.807) is 0 Å². The van der Waals surface area contributed by atoms with Gasteiger partial charge in [0.1, 0.15) is 6.10 Å². The topological polar surface area (TPSA) is 63.6 Å². The third-order valence-corrected chi connectivity index (χ3v) is 4.57. The minimum absolute atomic E-state index is 0.228. The van der Waals surface area contributed by atoms with Crippen LogP contribution in [0.5, 0.6) is 0 Å². The van der Waals surface area contributed by atoms with E-state index in [0.29, 0.717) is 6.42 Å². The van der Waals surface area contributed by atoms with E-state index < -0.39 is 11.9 Å². The molecular weight excluding hydrogens is 304 g/mol. The molecule has 1 N–H and O–H groups in total. The molecule has 24 heavy (non-hydrogen) atoms. The molecule has 124 valence electrons. The summed E-state index contributed by atoms with van der Waals surface area (Å²) in [5.74, 6) is -1.56. The van der Waals surface area contributed by atoms with Crippen LogP contribution in [0.15, 0.2) is 58.7 Å². The SMILES string of the molecule is CCC1=C(C)CC2OC(=O)C(CC(=O)O)=C(c3ccccc3)C2=C1. The van der Waals surface area contributed by atoms with Crippen LogP contribution in [0.2, 0.25) is 0 Å². The molecule has 1 aliphatic carbocycles. The van der Waals surface area contributed by atoms with Crippen LogP contribution in [-0.4, -0.2) is 23.1 Å². The molecule has 1 aliphatic heterocycles. The lowest BCUT2D eigenvalue weighted by Crippen LogP contribution is -2.31. The third kappa shape index (κ3) is 2.92. The monoisotopic (exact) mass is 324 g/mol. The first-order valence-corrected chi connectivity index (χ1v) is 8.13. The number of aliphatic carboxylic acids is 1. The van der Waals surface area contributed by atoms with Gasteiger partial charge in [0.15, 0.2) is 0 Å². The third-order valence-electron chi connectivity index (χ3n) is 4.57. The van der Waals surface area contributed by atoms with E-state index in [-0.39, 0.29) is 18.1 Å². The van der Waals surface area contributed by atoms with Crippen LogP contribution < -0.4 is 0 Å². The molecule has 1 unspecified atom stereocenters. The number of allylic oxidation sites excluding steroid dienone is 2. The van der Waals surface area contributed by atoms with Crippen molar-refractivity contribution in [1.82, 2.24) is 0 Å². The second kappa shape index (κ2) is 6.48. The molecule has 0 amide bonds. The van der Waals surface area contributed by atoms with E-state index in [1.807, 2.05) is 30.3 Å². The highest BCUT2D eigenvalue weighted by Crippen LogP contribution is 2.42. The normalized spacial score (nSPS) is 20.5. The van der Waals surface area contributed by atoms with Crippen LogP contribution in [0.4, 0.5) is 0 Å². The summed E-state index contributed by atoms with van der Waals surface area (Å²) in [5, 5.41) is 9.21. The zero-order chi connectivity index (χ0) is 17.3. The van der Waals surface area contributed by atoms with Gasteiger partial charge in [0.2, 0.25) is 0 Å². The van der Waals surface area contributed by atoms with Crippen molar-refractivity contribution in [2.75, 3.05) is 0 Å². The Kier molecular flexibility index (Phi) is 4.38. The Morgan fingerprint density at radius 3 is 2.62 bits per heavy atom. The maximum atomic E-state index is 12.4. The Hall–Kier alpha value is -2.62. The van der Waals surface area contributed by atoms with Crippen molar-refractivity contribution < 1.29 is 19.4 Å². The minimum Gasteiger partial charge on any atom is -0.481 e. The largest absolute Gasteiger partial charge is 0.481 e. The average Bonchev–Trinajstić information content (AvgIpc) is 2.56. The molecule has 0 saturated carbocycles. The second-order valence-electron chi connectivity index (χ2n) is 6.15. The molecule has 0 aromatic heterocycles. The molecule has 0 fully saturated rings. The van der Waals surface area contributed by atoms with E-state index in [2.05, 4.69) is 19.9 Å². The zero-order valence-electron chi connectivity index (χ0n) is 13.8. The minimum atomic E-state index is -1.03. The number of hydrogen-bond donors (Lipinski definition) is 1. The maximum absolute atomic E-state index is 12.4. The van der Waals surface area contributed by atoms with Crippen molar-refractivity contribution in [2.24, 2.45) is 0 Å². The first kappa shape index (κ1) is 16.2. The average molecular weight is 324 g/mol. The molecule has 0 bridgehead atoms. The molecule has 1 aromatic carbocycles. The van der Waals surface area contributed by atoms with Gasteiger partial charge in [-0.2, -0.15) is 0 Å². The number of carbonyl (C=O) groups excluding carboxylic acids is 1. The van der Waals surface area contributed by atoms with Crippen molar-refractivity contribution >= 4 is 17.5 Å². The molecule has 1 heterocycles. The van der Waals surface area contributed by atoms with E-state index in [0.717, 1.165) is 23.1 Å². The second-order valence-corrected chi connectivity index (χ2v) is 6.15. The van der Waals surface area contributed by atoms with Gasteiger partial charge in [-0.15, -0.1) is 0 Å². The number of carboxylic acids is 1. The summed E-state index contributed by atoms with van der Waals surface area (Å²) >= 11 is 0. The van der Waals surface area contributed by atoms with Crippen LogP contribution in [0, 0.1) is 0 Å². The fourth-order valence-corrected chi connectivity index (χ4v) is 3.40. The summed E-state index contributed by atoms with van der Waals surface area (Å²) in [4.78, 5) is 23.7. The maximum Gasteiger partial charge on any atom is 0.335 e. The summed E-state index contributed by atoms with van der Waals surface area (Å²) < 4.78 is 5.56. The van der Waals surface area contributed by atoms with Gasteiger partial charge < -0.3 is 9.84 Å². The Bertz CT molecular complexity index is 781. The fraction of sp³-hybridized carbons (Fsp3) is 0.300. The van der Waals surface area contributed by atoms with Crippen molar-refractivity contribution in [3.8, 4) is 0 Å². The highest BCUT2D eigenvalue weighted by Gasteiger charge is 2.36. The number of rotatable bonds is 4. The lowest BCUT2D eigenvalue weighted by atomic mass is 9.79. The van der Waals surface area contributed by atoms with Gasteiger partial charge in [-0.3, -0.25) is 4.79 Å². The number of ether oxygens (including phenoxy) is 1. The summed E-state index contributed by atoms with van der Waals surface area (Å²) in [5.41, 5.74) is 5.16. The Labute approximate surface area is 141 Å². The summed E-state index contributed by atoms with van der Waals surface area (Å²) in [6, 6.07) is 9.49. The molecule has 4 nitrogen and oxygen atoms in total. The van der Waals surface area contributed by atoms with Gasteiger partial charge in [-0.1, -0.05) is 48.9 Å². The summed E-state index contributed by atoms with van der Waals surface area (Å²) in [6.45, 7) is 4.15. The smallest absolute Gasteiger partial charge is 0.335 e. The van der Waals surface area contributed by atoms with E-state index in [1.165, 1.54) is 11.1 Å². The van der Waals surface area contributed by atoms with Crippen molar-refractivity contribution in [2.45, 2.75) is 39.2 Å². The van der Waals surface area contributed by atoms with Gasteiger partial charge in [-0.25, -0.2) is 4.79 Å². The van der Waals surface area contributed by atoms with Crippen LogP contribution in [0.3, 0.4) is 0 Å². The molecule has 0 spiro atoms. The number of esters is 1. The number of carboxylic acid groups (broad SMARTS) is 1. The van der Waals surface area contributed by atoms with E-state index in [9.17, 15) is 14.7 Å². The van der Waals surface area contributed by atoms with Crippen molar-refractivity contribution in [1.29, 1.82) is 0 Å². The van der Waals surface area contributed by atoms with Gasteiger partial charge in [0.25, 0.3) is 0 Å². The molecule has 2 aliphatic rings. The molecule has 3 rings (SSSR count). The van der Waals surface area contributed by atoms with Gasteiger partial charge in [0.05, 0.1) is 12.0 Å².